The molecule has 2 rings (SSSR count). The molecule has 2 aromatic rings. The highest BCUT2D eigenvalue weighted by atomic mass is 16.5. The van der Waals surface area contributed by atoms with Crippen molar-refractivity contribution in [2.45, 2.75) is 18.8 Å². The van der Waals surface area contributed by atoms with Crippen LogP contribution in [0.4, 0.5) is 4.79 Å². The third kappa shape index (κ3) is 4.79. The Kier molecular flexibility index (Phi) is 5.65. The molecule has 0 unspecified atom stereocenters. The van der Waals surface area contributed by atoms with E-state index in [1.807, 2.05) is 6.07 Å². The Morgan fingerprint density at radius 3 is 2.52 bits per heavy atom. The number of rotatable bonds is 6. The summed E-state index contributed by atoms with van der Waals surface area (Å²) >= 11 is 0. The lowest BCUT2D eigenvalue weighted by atomic mass is 10.0. The van der Waals surface area contributed by atoms with Crippen molar-refractivity contribution in [3.8, 4) is 0 Å². The maximum absolute atomic E-state index is 11.7. The second-order valence-electron chi connectivity index (χ2n) is 4.75. The number of aromatic nitrogens is 1. The highest BCUT2D eigenvalue weighted by Gasteiger charge is 2.30. The molecule has 23 heavy (non-hydrogen) atoms. The van der Waals surface area contributed by atoms with E-state index in [9.17, 15) is 19.8 Å². The number of pyridine rings is 1. The highest BCUT2D eigenvalue weighted by molar-refractivity contribution is 5.80. The first-order chi connectivity index (χ1) is 11.1. The van der Waals surface area contributed by atoms with E-state index in [4.69, 9.17) is 4.74 Å². The van der Waals surface area contributed by atoms with E-state index >= 15 is 0 Å². The van der Waals surface area contributed by atoms with E-state index in [-0.39, 0.29) is 12.2 Å². The SMILES string of the molecule is O=C(N[C@H](C(=O)O)[C@H](O)c1cccnc1)OCc1ccccc1. The van der Waals surface area contributed by atoms with Crippen LogP contribution in [0.2, 0.25) is 0 Å². The molecule has 0 saturated heterocycles. The van der Waals surface area contributed by atoms with Crippen LogP contribution in [0.25, 0.3) is 0 Å². The smallest absolute Gasteiger partial charge is 0.408 e. The first-order valence-electron chi connectivity index (χ1n) is 6.86. The van der Waals surface area contributed by atoms with Crippen LogP contribution in [-0.4, -0.2) is 33.3 Å². The van der Waals surface area contributed by atoms with Crippen LogP contribution in [0, 0.1) is 0 Å². The van der Waals surface area contributed by atoms with Gasteiger partial charge in [-0.25, -0.2) is 9.59 Å². The maximum atomic E-state index is 11.7. The van der Waals surface area contributed by atoms with Crippen molar-refractivity contribution in [3.05, 3.63) is 66.0 Å². The number of aliphatic hydroxyl groups excluding tert-OH is 1. The number of aliphatic hydroxyl groups is 1. The number of aliphatic carboxylic acids is 1. The van der Waals surface area contributed by atoms with E-state index in [0.717, 1.165) is 5.56 Å². The molecule has 0 radical (unpaired) electrons. The molecule has 0 aliphatic carbocycles. The number of carboxylic acids is 1. The van der Waals surface area contributed by atoms with Gasteiger partial charge in [0.15, 0.2) is 6.04 Å². The van der Waals surface area contributed by atoms with Crippen LogP contribution < -0.4 is 5.32 Å². The molecular formula is C16H16N2O5. The molecule has 1 aromatic carbocycles. The monoisotopic (exact) mass is 316 g/mol. The number of amides is 1. The van der Waals surface area contributed by atoms with Crippen molar-refractivity contribution in [1.29, 1.82) is 0 Å². The first-order valence-corrected chi connectivity index (χ1v) is 6.86. The molecule has 0 aliphatic heterocycles. The number of carbonyl (C=O) groups excluding carboxylic acids is 1. The van der Waals surface area contributed by atoms with Crippen LogP contribution in [0.15, 0.2) is 54.9 Å². The molecule has 0 spiro atoms. The Bertz CT molecular complexity index is 648. The number of carboxylic acid groups (broad SMARTS) is 1. The Labute approximate surface area is 132 Å². The first kappa shape index (κ1) is 16.4. The highest BCUT2D eigenvalue weighted by Crippen LogP contribution is 2.16. The third-order valence-corrected chi connectivity index (χ3v) is 3.09. The number of nitrogens with one attached hydrogen (secondary N) is 1. The maximum Gasteiger partial charge on any atom is 0.408 e. The molecule has 0 fully saturated rings. The average molecular weight is 316 g/mol. The lowest BCUT2D eigenvalue weighted by molar-refractivity contribution is -0.142. The van der Waals surface area contributed by atoms with E-state index in [2.05, 4.69) is 10.3 Å². The number of nitrogens with zero attached hydrogens (tertiary/aromatic N) is 1. The Hall–Kier alpha value is -2.93. The summed E-state index contributed by atoms with van der Waals surface area (Å²) in [5.41, 5.74) is 1.05. The normalized spacial score (nSPS) is 12.9. The number of hydrogen-bond donors (Lipinski definition) is 3. The van der Waals surface area contributed by atoms with Crippen LogP contribution in [0.3, 0.4) is 0 Å². The van der Waals surface area contributed by atoms with Gasteiger partial charge in [-0.05, 0) is 11.6 Å². The standard InChI is InChI=1S/C16H16N2O5/c19-14(12-7-4-8-17-9-12)13(15(20)21)18-16(22)23-10-11-5-2-1-3-6-11/h1-9,13-14,19H,10H2,(H,18,22)(H,20,21)/t13-,14+/m0/s1. The summed E-state index contributed by atoms with van der Waals surface area (Å²) in [5, 5.41) is 21.4. The van der Waals surface area contributed by atoms with Gasteiger partial charge < -0.3 is 20.3 Å². The molecule has 1 amide bonds. The van der Waals surface area contributed by atoms with Crippen molar-refractivity contribution in [1.82, 2.24) is 10.3 Å². The molecule has 7 nitrogen and oxygen atoms in total. The fraction of sp³-hybridized carbons (Fsp3) is 0.188. The van der Waals surface area contributed by atoms with Gasteiger partial charge in [-0.3, -0.25) is 4.98 Å². The Morgan fingerprint density at radius 2 is 1.91 bits per heavy atom. The Balaban J connectivity index is 1.96. The summed E-state index contributed by atoms with van der Waals surface area (Å²) in [5.74, 6) is -1.38. The summed E-state index contributed by atoms with van der Waals surface area (Å²) < 4.78 is 4.95. The lowest BCUT2D eigenvalue weighted by Crippen LogP contribution is -2.45. The van der Waals surface area contributed by atoms with Gasteiger partial charge in [0, 0.05) is 18.0 Å². The summed E-state index contributed by atoms with van der Waals surface area (Å²) in [6.07, 6.45) is 0.458. The number of ether oxygens (including phenoxy) is 1. The van der Waals surface area contributed by atoms with E-state index in [0.29, 0.717) is 0 Å². The fourth-order valence-corrected chi connectivity index (χ4v) is 1.91. The van der Waals surface area contributed by atoms with Gasteiger partial charge in [0.05, 0.1) is 0 Å². The van der Waals surface area contributed by atoms with Crippen molar-refractivity contribution in [2.24, 2.45) is 0 Å². The number of alkyl carbamates (subject to hydrolysis) is 1. The topological polar surface area (TPSA) is 109 Å². The van der Waals surface area contributed by atoms with Crippen LogP contribution >= 0.6 is 0 Å². The number of hydrogen-bond acceptors (Lipinski definition) is 5. The zero-order valence-corrected chi connectivity index (χ0v) is 12.1. The number of carbonyl (C=O) groups is 2. The van der Waals surface area contributed by atoms with Crippen LogP contribution in [0.1, 0.15) is 17.2 Å². The minimum Gasteiger partial charge on any atom is -0.480 e. The van der Waals surface area contributed by atoms with Crippen molar-refractivity contribution < 1.29 is 24.5 Å². The molecule has 3 N–H and O–H groups in total. The molecule has 0 saturated carbocycles. The summed E-state index contributed by atoms with van der Waals surface area (Å²) in [4.78, 5) is 26.8. The lowest BCUT2D eigenvalue weighted by Gasteiger charge is -2.20. The molecule has 0 bridgehead atoms. The van der Waals surface area contributed by atoms with Crippen molar-refractivity contribution >= 4 is 12.1 Å². The summed E-state index contributed by atoms with van der Waals surface area (Å²) in [6.45, 7) is 0.00198. The van der Waals surface area contributed by atoms with Gasteiger partial charge in [0.25, 0.3) is 0 Å². The van der Waals surface area contributed by atoms with Gasteiger partial charge in [-0.15, -0.1) is 0 Å². The zero-order valence-electron chi connectivity index (χ0n) is 12.1. The van der Waals surface area contributed by atoms with Crippen molar-refractivity contribution in [2.75, 3.05) is 0 Å². The Morgan fingerprint density at radius 1 is 1.17 bits per heavy atom. The second kappa shape index (κ2) is 7.90. The third-order valence-electron chi connectivity index (χ3n) is 3.09. The molecule has 1 aromatic heterocycles. The summed E-state index contributed by atoms with van der Waals surface area (Å²) in [6, 6.07) is 10.5. The predicted octanol–water partition coefficient (Wildman–Crippen LogP) is 1.49. The van der Waals surface area contributed by atoms with Gasteiger partial charge in [-0.1, -0.05) is 36.4 Å². The molecular weight excluding hydrogens is 300 g/mol. The minimum atomic E-state index is -1.54. The van der Waals surface area contributed by atoms with Gasteiger partial charge in [-0.2, -0.15) is 0 Å². The van der Waals surface area contributed by atoms with E-state index in [1.165, 1.54) is 18.5 Å². The molecule has 0 aliphatic rings. The summed E-state index contributed by atoms with van der Waals surface area (Å²) in [7, 11) is 0. The molecule has 120 valence electrons. The zero-order chi connectivity index (χ0) is 16.7. The largest absolute Gasteiger partial charge is 0.480 e. The van der Waals surface area contributed by atoms with Gasteiger partial charge in [0.1, 0.15) is 12.7 Å². The quantitative estimate of drug-likeness (QED) is 0.745. The van der Waals surface area contributed by atoms with E-state index < -0.39 is 24.2 Å². The minimum absolute atomic E-state index is 0.00198. The van der Waals surface area contributed by atoms with E-state index in [1.54, 1.807) is 30.3 Å². The van der Waals surface area contributed by atoms with Gasteiger partial charge >= 0.3 is 12.1 Å². The van der Waals surface area contributed by atoms with Crippen LogP contribution in [-0.2, 0) is 16.1 Å². The molecule has 1 heterocycles. The fourth-order valence-electron chi connectivity index (χ4n) is 1.91. The number of benzene rings is 1. The van der Waals surface area contributed by atoms with Crippen molar-refractivity contribution in [3.63, 3.8) is 0 Å². The average Bonchev–Trinajstić information content (AvgIpc) is 2.58. The second-order valence-corrected chi connectivity index (χ2v) is 4.75. The van der Waals surface area contributed by atoms with Crippen LogP contribution in [0.5, 0.6) is 0 Å². The predicted molar refractivity (Wildman–Crippen MR) is 80.4 cm³/mol. The van der Waals surface area contributed by atoms with Gasteiger partial charge in [0.2, 0.25) is 0 Å². The molecule has 2 atom stereocenters. The molecule has 7 heteroatoms.